The van der Waals surface area contributed by atoms with Crippen LogP contribution in [0.25, 0.3) is 0 Å². The maximum absolute atomic E-state index is 12.3. The van der Waals surface area contributed by atoms with Crippen LogP contribution in [0.5, 0.6) is 11.5 Å². The van der Waals surface area contributed by atoms with Gasteiger partial charge in [0.15, 0.2) is 11.5 Å². The summed E-state index contributed by atoms with van der Waals surface area (Å²) in [4.78, 5) is 24.7. The molecule has 1 amide bonds. The van der Waals surface area contributed by atoms with E-state index in [2.05, 4.69) is 0 Å². The molecule has 0 aromatic heterocycles. The number of hydrogen-bond donors (Lipinski definition) is 1. The summed E-state index contributed by atoms with van der Waals surface area (Å²) in [5.74, 6) is 0.405. The number of fused-ring (bicyclic) bond motifs is 1. The molecule has 6 nitrogen and oxygen atoms in total. The minimum absolute atomic E-state index is 0.0954. The van der Waals surface area contributed by atoms with Gasteiger partial charge in [-0.1, -0.05) is 6.07 Å². The summed E-state index contributed by atoms with van der Waals surface area (Å²) in [6, 6.07) is 5.82. The summed E-state index contributed by atoms with van der Waals surface area (Å²) in [5, 5.41) is 8.93. The molecule has 1 fully saturated rings. The van der Waals surface area contributed by atoms with Gasteiger partial charge >= 0.3 is 5.97 Å². The van der Waals surface area contributed by atoms with Crippen LogP contribution >= 0.6 is 0 Å². The highest BCUT2D eigenvalue weighted by atomic mass is 16.5. The number of aryl methyl sites for hydroxylation is 1. The van der Waals surface area contributed by atoms with E-state index in [9.17, 15) is 9.59 Å². The summed E-state index contributed by atoms with van der Waals surface area (Å²) in [7, 11) is 0. The Labute approximate surface area is 135 Å². The summed E-state index contributed by atoms with van der Waals surface area (Å²) in [6.45, 7) is 1.07. The Morgan fingerprint density at radius 2 is 1.91 bits per heavy atom. The van der Waals surface area contributed by atoms with Gasteiger partial charge in [0.05, 0.1) is 13.2 Å². The van der Waals surface area contributed by atoms with Crippen molar-refractivity contribution in [3.05, 3.63) is 23.8 Å². The average Bonchev–Trinajstić information content (AvgIpc) is 3.36. The number of benzene rings is 1. The number of aliphatic carboxylic acids is 1. The topological polar surface area (TPSA) is 76.1 Å². The molecule has 1 N–H and O–H groups in total. The molecule has 2 aliphatic rings. The van der Waals surface area contributed by atoms with Crippen LogP contribution in [0.3, 0.4) is 0 Å². The molecule has 0 atom stereocenters. The van der Waals surface area contributed by atoms with Gasteiger partial charge in [0.1, 0.15) is 6.54 Å². The summed E-state index contributed by atoms with van der Waals surface area (Å²) >= 11 is 0. The van der Waals surface area contributed by atoms with Crippen molar-refractivity contribution in [2.75, 3.05) is 19.8 Å². The zero-order valence-electron chi connectivity index (χ0n) is 13.0. The van der Waals surface area contributed by atoms with Gasteiger partial charge in [0.25, 0.3) is 0 Å². The maximum atomic E-state index is 12.3. The van der Waals surface area contributed by atoms with E-state index in [1.54, 1.807) is 0 Å². The quantitative estimate of drug-likeness (QED) is 0.866. The summed E-state index contributed by atoms with van der Waals surface area (Å²) < 4.78 is 11.2. The first-order chi connectivity index (χ1) is 11.1. The minimum atomic E-state index is -0.958. The molecule has 0 saturated heterocycles. The standard InChI is InChI=1S/C17H21NO5/c19-16(18(11-17(20)21)13-4-5-13)7-3-12-2-6-14-15(10-12)23-9-1-8-22-14/h2,6,10,13H,1,3-5,7-9,11H2,(H,20,21). The Balaban J connectivity index is 1.60. The van der Waals surface area contributed by atoms with E-state index in [-0.39, 0.29) is 18.5 Å². The second-order valence-electron chi connectivity index (χ2n) is 5.98. The molecule has 0 radical (unpaired) electrons. The molecule has 1 aromatic rings. The van der Waals surface area contributed by atoms with E-state index in [4.69, 9.17) is 14.6 Å². The Morgan fingerprint density at radius 3 is 2.61 bits per heavy atom. The Morgan fingerprint density at radius 1 is 1.17 bits per heavy atom. The van der Waals surface area contributed by atoms with Crippen LogP contribution in [0.1, 0.15) is 31.2 Å². The molecule has 6 heteroatoms. The van der Waals surface area contributed by atoms with Gasteiger partial charge in [-0.2, -0.15) is 0 Å². The fourth-order valence-corrected chi connectivity index (χ4v) is 2.71. The van der Waals surface area contributed by atoms with Gasteiger partial charge < -0.3 is 19.5 Å². The largest absolute Gasteiger partial charge is 0.490 e. The first-order valence-electron chi connectivity index (χ1n) is 8.03. The SMILES string of the molecule is O=C(O)CN(C(=O)CCc1ccc2c(c1)OCCCO2)C1CC1. The van der Waals surface area contributed by atoms with Crippen LogP contribution in [0, 0.1) is 0 Å². The first-order valence-corrected chi connectivity index (χ1v) is 8.03. The molecule has 1 aliphatic carbocycles. The predicted octanol–water partition coefficient (Wildman–Crippen LogP) is 1.86. The van der Waals surface area contributed by atoms with E-state index in [1.165, 1.54) is 4.90 Å². The van der Waals surface area contributed by atoms with Crippen LogP contribution in [0.4, 0.5) is 0 Å². The maximum Gasteiger partial charge on any atom is 0.323 e. The van der Waals surface area contributed by atoms with Crippen molar-refractivity contribution in [3.8, 4) is 11.5 Å². The third-order valence-corrected chi connectivity index (χ3v) is 4.05. The molecular weight excluding hydrogens is 298 g/mol. The highest BCUT2D eigenvalue weighted by Gasteiger charge is 2.33. The molecule has 1 aromatic carbocycles. The van der Waals surface area contributed by atoms with Crippen molar-refractivity contribution >= 4 is 11.9 Å². The Kier molecular flexibility index (Phi) is 4.69. The zero-order valence-corrected chi connectivity index (χ0v) is 13.0. The number of carbonyl (C=O) groups excluding carboxylic acids is 1. The number of rotatable bonds is 6. The van der Waals surface area contributed by atoms with Crippen molar-refractivity contribution in [2.24, 2.45) is 0 Å². The molecule has 1 aliphatic heterocycles. The fraction of sp³-hybridized carbons (Fsp3) is 0.529. The summed E-state index contributed by atoms with van der Waals surface area (Å²) in [5.41, 5.74) is 0.994. The van der Waals surface area contributed by atoms with Gasteiger partial charge in [-0.3, -0.25) is 9.59 Å². The van der Waals surface area contributed by atoms with Crippen LogP contribution < -0.4 is 9.47 Å². The van der Waals surface area contributed by atoms with Gasteiger partial charge in [0, 0.05) is 18.9 Å². The van der Waals surface area contributed by atoms with Crippen molar-refractivity contribution in [2.45, 2.75) is 38.1 Å². The molecule has 0 bridgehead atoms. The lowest BCUT2D eigenvalue weighted by molar-refractivity contribution is -0.144. The van der Waals surface area contributed by atoms with Crippen LogP contribution in [-0.2, 0) is 16.0 Å². The lowest BCUT2D eigenvalue weighted by Gasteiger charge is -2.20. The monoisotopic (exact) mass is 319 g/mol. The number of carboxylic acids is 1. The van der Waals surface area contributed by atoms with Gasteiger partial charge in [0.2, 0.25) is 5.91 Å². The zero-order chi connectivity index (χ0) is 16.2. The molecule has 0 unspecified atom stereocenters. The molecule has 1 heterocycles. The number of amides is 1. The van der Waals surface area contributed by atoms with E-state index in [0.717, 1.165) is 36.3 Å². The van der Waals surface area contributed by atoms with Crippen molar-refractivity contribution in [3.63, 3.8) is 0 Å². The number of carboxylic acid groups (broad SMARTS) is 1. The lowest BCUT2D eigenvalue weighted by Crippen LogP contribution is -2.37. The molecule has 1 saturated carbocycles. The van der Waals surface area contributed by atoms with Gasteiger partial charge in [-0.25, -0.2) is 0 Å². The number of ether oxygens (including phenoxy) is 2. The predicted molar refractivity (Wildman–Crippen MR) is 82.7 cm³/mol. The van der Waals surface area contributed by atoms with Crippen molar-refractivity contribution in [1.29, 1.82) is 0 Å². The molecular formula is C17H21NO5. The molecule has 0 spiro atoms. The van der Waals surface area contributed by atoms with Crippen LogP contribution in [-0.4, -0.2) is 47.7 Å². The van der Waals surface area contributed by atoms with E-state index in [1.807, 2.05) is 18.2 Å². The second kappa shape index (κ2) is 6.89. The summed E-state index contributed by atoms with van der Waals surface area (Å²) in [6.07, 6.45) is 3.54. The van der Waals surface area contributed by atoms with E-state index >= 15 is 0 Å². The highest BCUT2D eigenvalue weighted by molar-refractivity contribution is 5.82. The normalized spacial score (nSPS) is 16.5. The minimum Gasteiger partial charge on any atom is -0.490 e. The Hall–Kier alpha value is -2.24. The third kappa shape index (κ3) is 4.15. The van der Waals surface area contributed by atoms with E-state index in [0.29, 0.717) is 26.1 Å². The average molecular weight is 319 g/mol. The molecule has 23 heavy (non-hydrogen) atoms. The third-order valence-electron chi connectivity index (χ3n) is 4.05. The van der Waals surface area contributed by atoms with Crippen LogP contribution in [0.2, 0.25) is 0 Å². The molecule has 3 rings (SSSR count). The van der Waals surface area contributed by atoms with Crippen molar-refractivity contribution in [1.82, 2.24) is 4.90 Å². The van der Waals surface area contributed by atoms with Gasteiger partial charge in [-0.05, 0) is 37.0 Å². The smallest absolute Gasteiger partial charge is 0.323 e. The Bertz CT molecular complexity index is 597. The van der Waals surface area contributed by atoms with Crippen molar-refractivity contribution < 1.29 is 24.2 Å². The first kappa shape index (κ1) is 15.6. The number of hydrogen-bond acceptors (Lipinski definition) is 4. The fourth-order valence-electron chi connectivity index (χ4n) is 2.71. The van der Waals surface area contributed by atoms with E-state index < -0.39 is 5.97 Å². The highest BCUT2D eigenvalue weighted by Crippen LogP contribution is 2.31. The number of carbonyl (C=O) groups is 2. The van der Waals surface area contributed by atoms with Gasteiger partial charge in [-0.15, -0.1) is 0 Å². The molecule has 124 valence electrons. The second-order valence-corrected chi connectivity index (χ2v) is 5.98. The van der Waals surface area contributed by atoms with Crippen LogP contribution in [0.15, 0.2) is 18.2 Å². The number of nitrogens with zero attached hydrogens (tertiary/aromatic N) is 1. The lowest BCUT2D eigenvalue weighted by atomic mass is 10.1.